The first-order chi connectivity index (χ1) is 8.07. The Morgan fingerprint density at radius 1 is 1.47 bits per heavy atom. The topological polar surface area (TPSA) is 66.8 Å². The van der Waals surface area contributed by atoms with Crippen LogP contribution in [0.25, 0.3) is 0 Å². The maximum Gasteiger partial charge on any atom is 0.326 e. The van der Waals surface area contributed by atoms with Crippen molar-refractivity contribution in [3.8, 4) is 0 Å². The standard InChI is InChI=1S/C12H21NO4/c1-3-17-8-6-10(14)13-7-4-5-9(2)11(13)12(15)16/h9,11H,3-8H2,1-2H3,(H,15,16). The fourth-order valence-corrected chi connectivity index (χ4v) is 2.29. The Labute approximate surface area is 102 Å². The number of carbonyl (C=O) groups excluding carboxylic acids is 1. The largest absolute Gasteiger partial charge is 0.480 e. The van der Waals surface area contributed by atoms with Gasteiger partial charge in [-0.25, -0.2) is 4.79 Å². The lowest BCUT2D eigenvalue weighted by atomic mass is 9.90. The molecule has 17 heavy (non-hydrogen) atoms. The molecule has 0 aromatic rings. The molecule has 0 aromatic heterocycles. The quantitative estimate of drug-likeness (QED) is 0.735. The number of ether oxygens (including phenoxy) is 1. The molecule has 1 N–H and O–H groups in total. The smallest absolute Gasteiger partial charge is 0.326 e. The Morgan fingerprint density at radius 2 is 2.18 bits per heavy atom. The molecule has 2 atom stereocenters. The number of carboxylic acids is 1. The van der Waals surface area contributed by atoms with Crippen molar-refractivity contribution in [2.24, 2.45) is 5.92 Å². The van der Waals surface area contributed by atoms with E-state index in [9.17, 15) is 14.7 Å². The van der Waals surface area contributed by atoms with Gasteiger partial charge in [0.2, 0.25) is 5.91 Å². The molecular weight excluding hydrogens is 222 g/mol. The van der Waals surface area contributed by atoms with Crippen molar-refractivity contribution in [1.82, 2.24) is 4.90 Å². The van der Waals surface area contributed by atoms with Crippen molar-refractivity contribution in [1.29, 1.82) is 0 Å². The van der Waals surface area contributed by atoms with Crippen molar-refractivity contribution in [2.75, 3.05) is 19.8 Å². The summed E-state index contributed by atoms with van der Waals surface area (Å²) in [7, 11) is 0. The normalized spacial score (nSPS) is 24.7. The molecule has 0 aliphatic carbocycles. The van der Waals surface area contributed by atoms with E-state index < -0.39 is 12.0 Å². The van der Waals surface area contributed by atoms with Gasteiger partial charge >= 0.3 is 5.97 Å². The average Bonchev–Trinajstić information content (AvgIpc) is 2.28. The minimum Gasteiger partial charge on any atom is -0.480 e. The van der Waals surface area contributed by atoms with Crippen LogP contribution in [0.5, 0.6) is 0 Å². The predicted octanol–water partition coefficient (Wildman–Crippen LogP) is 1.12. The fraction of sp³-hybridized carbons (Fsp3) is 0.833. The summed E-state index contributed by atoms with van der Waals surface area (Å²) >= 11 is 0. The first-order valence-electron chi connectivity index (χ1n) is 6.18. The molecule has 1 fully saturated rings. The van der Waals surface area contributed by atoms with E-state index >= 15 is 0 Å². The Balaban J connectivity index is 2.59. The molecule has 0 radical (unpaired) electrons. The summed E-state index contributed by atoms with van der Waals surface area (Å²) in [5, 5.41) is 9.17. The van der Waals surface area contributed by atoms with Crippen LogP contribution < -0.4 is 0 Å². The molecule has 0 aromatic carbocycles. The van der Waals surface area contributed by atoms with E-state index in [1.807, 2.05) is 13.8 Å². The first kappa shape index (κ1) is 14.0. The highest BCUT2D eigenvalue weighted by molar-refractivity contribution is 5.84. The lowest BCUT2D eigenvalue weighted by Gasteiger charge is -2.37. The molecule has 1 aliphatic heterocycles. The van der Waals surface area contributed by atoms with Gasteiger partial charge in [0.05, 0.1) is 13.0 Å². The molecule has 5 heteroatoms. The van der Waals surface area contributed by atoms with Crippen LogP contribution in [0.15, 0.2) is 0 Å². The number of amides is 1. The van der Waals surface area contributed by atoms with E-state index in [0.717, 1.165) is 12.8 Å². The molecule has 0 spiro atoms. The van der Waals surface area contributed by atoms with Gasteiger partial charge in [-0.15, -0.1) is 0 Å². The maximum absolute atomic E-state index is 11.9. The monoisotopic (exact) mass is 243 g/mol. The number of nitrogens with zero attached hydrogens (tertiary/aromatic N) is 1. The van der Waals surface area contributed by atoms with Crippen LogP contribution in [-0.4, -0.2) is 47.7 Å². The average molecular weight is 243 g/mol. The Kier molecular flexibility index (Phi) is 5.41. The van der Waals surface area contributed by atoms with Crippen LogP contribution in [0.1, 0.15) is 33.1 Å². The zero-order valence-electron chi connectivity index (χ0n) is 10.5. The van der Waals surface area contributed by atoms with Gasteiger partial charge in [0, 0.05) is 13.2 Å². The number of piperidine rings is 1. The molecule has 1 aliphatic rings. The third kappa shape index (κ3) is 3.70. The van der Waals surface area contributed by atoms with Crippen LogP contribution >= 0.6 is 0 Å². The lowest BCUT2D eigenvalue weighted by Crippen LogP contribution is -2.52. The Bertz CT molecular complexity index is 280. The number of aliphatic carboxylic acids is 1. The molecule has 1 rings (SSSR count). The predicted molar refractivity (Wildman–Crippen MR) is 62.6 cm³/mol. The highest BCUT2D eigenvalue weighted by Crippen LogP contribution is 2.24. The van der Waals surface area contributed by atoms with Crippen molar-refractivity contribution < 1.29 is 19.4 Å². The number of rotatable bonds is 5. The molecule has 0 saturated carbocycles. The van der Waals surface area contributed by atoms with E-state index in [1.165, 1.54) is 4.90 Å². The molecule has 98 valence electrons. The molecule has 0 bridgehead atoms. The van der Waals surface area contributed by atoms with E-state index in [4.69, 9.17) is 4.74 Å². The first-order valence-corrected chi connectivity index (χ1v) is 6.18. The maximum atomic E-state index is 11.9. The third-order valence-electron chi connectivity index (χ3n) is 3.17. The molecule has 1 saturated heterocycles. The van der Waals surface area contributed by atoms with Gasteiger partial charge in [-0.1, -0.05) is 6.92 Å². The second-order valence-electron chi connectivity index (χ2n) is 4.44. The zero-order valence-corrected chi connectivity index (χ0v) is 10.5. The van der Waals surface area contributed by atoms with Crippen molar-refractivity contribution in [3.05, 3.63) is 0 Å². The van der Waals surface area contributed by atoms with E-state index in [0.29, 0.717) is 19.8 Å². The number of likely N-dealkylation sites (tertiary alicyclic amines) is 1. The minimum absolute atomic E-state index is 0.0253. The van der Waals surface area contributed by atoms with Crippen LogP contribution in [0.2, 0.25) is 0 Å². The number of carboxylic acid groups (broad SMARTS) is 1. The van der Waals surface area contributed by atoms with Crippen LogP contribution in [0.4, 0.5) is 0 Å². The summed E-state index contributed by atoms with van der Waals surface area (Å²) in [4.78, 5) is 24.6. The molecule has 2 unspecified atom stereocenters. The highest BCUT2D eigenvalue weighted by Gasteiger charge is 2.36. The van der Waals surface area contributed by atoms with E-state index in [1.54, 1.807) is 0 Å². The van der Waals surface area contributed by atoms with Gasteiger partial charge in [-0.3, -0.25) is 4.79 Å². The van der Waals surface area contributed by atoms with Gasteiger partial charge in [-0.05, 0) is 25.7 Å². The molecule has 1 heterocycles. The summed E-state index contributed by atoms with van der Waals surface area (Å²) in [5.74, 6) is -0.989. The summed E-state index contributed by atoms with van der Waals surface area (Å²) in [6, 6.07) is -0.669. The van der Waals surface area contributed by atoms with E-state index in [2.05, 4.69) is 0 Å². The lowest BCUT2D eigenvalue weighted by molar-refractivity contribution is -0.155. The van der Waals surface area contributed by atoms with Crippen molar-refractivity contribution in [3.63, 3.8) is 0 Å². The SMILES string of the molecule is CCOCCC(=O)N1CCCC(C)C1C(=O)O. The van der Waals surface area contributed by atoms with Gasteiger partial charge in [0.15, 0.2) is 0 Å². The van der Waals surface area contributed by atoms with Gasteiger partial charge in [0.1, 0.15) is 6.04 Å². The fourth-order valence-electron chi connectivity index (χ4n) is 2.29. The van der Waals surface area contributed by atoms with Crippen molar-refractivity contribution >= 4 is 11.9 Å². The summed E-state index contributed by atoms with van der Waals surface area (Å²) in [5.41, 5.74) is 0. The number of carbonyl (C=O) groups is 2. The molecule has 1 amide bonds. The van der Waals surface area contributed by atoms with Gasteiger partial charge < -0.3 is 14.7 Å². The number of hydrogen-bond donors (Lipinski definition) is 1. The second-order valence-corrected chi connectivity index (χ2v) is 4.44. The highest BCUT2D eigenvalue weighted by atomic mass is 16.5. The second kappa shape index (κ2) is 6.59. The van der Waals surface area contributed by atoms with Crippen LogP contribution in [0, 0.1) is 5.92 Å². The number of hydrogen-bond acceptors (Lipinski definition) is 3. The van der Waals surface area contributed by atoms with Crippen molar-refractivity contribution in [2.45, 2.75) is 39.2 Å². The summed E-state index contributed by atoms with van der Waals surface area (Å²) < 4.78 is 5.12. The third-order valence-corrected chi connectivity index (χ3v) is 3.17. The Morgan fingerprint density at radius 3 is 2.76 bits per heavy atom. The zero-order chi connectivity index (χ0) is 12.8. The Hall–Kier alpha value is -1.10. The molecular formula is C12H21NO4. The van der Waals surface area contributed by atoms with Gasteiger partial charge in [0.25, 0.3) is 0 Å². The summed E-state index contributed by atoms with van der Waals surface area (Å²) in [6.45, 7) is 5.25. The van der Waals surface area contributed by atoms with Crippen LogP contribution in [-0.2, 0) is 14.3 Å². The summed E-state index contributed by atoms with van der Waals surface area (Å²) in [6.07, 6.45) is 2.02. The van der Waals surface area contributed by atoms with Crippen LogP contribution in [0.3, 0.4) is 0 Å². The van der Waals surface area contributed by atoms with Gasteiger partial charge in [-0.2, -0.15) is 0 Å². The minimum atomic E-state index is -0.901. The van der Waals surface area contributed by atoms with E-state index in [-0.39, 0.29) is 18.2 Å². The molecule has 5 nitrogen and oxygen atoms in total.